The molecule has 1 heterocycles. The summed E-state index contributed by atoms with van der Waals surface area (Å²) in [5.74, 6) is 0.476. The summed E-state index contributed by atoms with van der Waals surface area (Å²) in [5, 5.41) is 6.44. The summed E-state index contributed by atoms with van der Waals surface area (Å²) in [6.45, 7) is 0.360. The van der Waals surface area contributed by atoms with Gasteiger partial charge in [-0.15, -0.1) is 0 Å². The zero-order chi connectivity index (χ0) is 13.0. The predicted molar refractivity (Wildman–Crippen MR) is 66.2 cm³/mol. The molecule has 0 unspecified atom stereocenters. The number of carbonyl (C=O) groups excluding carboxylic acids is 1. The van der Waals surface area contributed by atoms with Crippen molar-refractivity contribution in [2.45, 2.75) is 12.6 Å². The molecule has 2 rings (SSSR count). The van der Waals surface area contributed by atoms with E-state index in [1.165, 1.54) is 11.2 Å². The molecule has 18 heavy (non-hydrogen) atoms. The molecule has 1 atom stereocenters. The number of amides is 1. The maximum absolute atomic E-state index is 12.1. The molecule has 1 amide bonds. The first kappa shape index (κ1) is 12.3. The first-order valence-electron chi connectivity index (χ1n) is 5.58. The number of nitrogens with one attached hydrogen (secondary N) is 1. The fourth-order valence-electron chi connectivity index (χ4n) is 1.65. The zero-order valence-corrected chi connectivity index (χ0v) is 10.1. The van der Waals surface area contributed by atoms with Crippen LogP contribution in [-0.2, 0) is 11.3 Å². The first-order chi connectivity index (χ1) is 8.68. The Morgan fingerprint density at radius 2 is 2.17 bits per heavy atom. The lowest BCUT2D eigenvalue weighted by Crippen LogP contribution is -2.35. The van der Waals surface area contributed by atoms with E-state index in [9.17, 15) is 4.79 Å². The quantitative estimate of drug-likeness (QED) is 0.819. The number of aromatic amines is 1. The van der Waals surface area contributed by atoms with Crippen molar-refractivity contribution in [3.8, 4) is 0 Å². The van der Waals surface area contributed by atoms with E-state index in [0.717, 1.165) is 5.56 Å². The lowest BCUT2D eigenvalue weighted by atomic mass is 10.1. The van der Waals surface area contributed by atoms with Gasteiger partial charge < -0.3 is 10.6 Å². The zero-order valence-electron chi connectivity index (χ0n) is 10.1. The van der Waals surface area contributed by atoms with Gasteiger partial charge in [0.1, 0.15) is 18.2 Å². The fraction of sp³-hybridized carbons (Fsp3) is 0.250. The van der Waals surface area contributed by atoms with Crippen molar-refractivity contribution in [2.24, 2.45) is 5.73 Å². The van der Waals surface area contributed by atoms with Crippen molar-refractivity contribution in [3.05, 3.63) is 48.0 Å². The van der Waals surface area contributed by atoms with Crippen LogP contribution in [0, 0.1) is 0 Å². The van der Waals surface area contributed by atoms with E-state index in [1.54, 1.807) is 7.05 Å². The van der Waals surface area contributed by atoms with E-state index in [-0.39, 0.29) is 5.91 Å². The number of aromatic nitrogens is 3. The highest BCUT2D eigenvalue weighted by Gasteiger charge is 2.20. The Morgan fingerprint density at radius 1 is 1.44 bits per heavy atom. The summed E-state index contributed by atoms with van der Waals surface area (Å²) in [4.78, 5) is 17.6. The van der Waals surface area contributed by atoms with Gasteiger partial charge in [0.2, 0.25) is 5.91 Å². The number of hydrogen-bond acceptors (Lipinski definition) is 4. The standard InChI is InChI=1S/C12H15N5O/c1-17(7-10-14-8-15-16-10)12(18)11(13)9-5-3-2-4-6-9/h2-6,8,11H,7,13H2,1H3,(H,14,15,16)/t11-/m0/s1. The summed E-state index contributed by atoms with van der Waals surface area (Å²) in [5.41, 5.74) is 6.73. The maximum Gasteiger partial charge on any atom is 0.244 e. The Balaban J connectivity index is 2.02. The van der Waals surface area contributed by atoms with Crippen molar-refractivity contribution in [1.29, 1.82) is 0 Å². The van der Waals surface area contributed by atoms with Crippen molar-refractivity contribution in [1.82, 2.24) is 20.1 Å². The van der Waals surface area contributed by atoms with Crippen LogP contribution < -0.4 is 5.73 Å². The molecule has 3 N–H and O–H groups in total. The summed E-state index contributed by atoms with van der Waals surface area (Å²) < 4.78 is 0. The number of nitrogens with zero attached hydrogens (tertiary/aromatic N) is 3. The second kappa shape index (κ2) is 5.42. The SMILES string of the molecule is CN(Cc1ncn[nH]1)C(=O)[C@@H](N)c1ccccc1. The highest BCUT2D eigenvalue weighted by molar-refractivity contribution is 5.82. The van der Waals surface area contributed by atoms with Crippen LogP contribution in [0.5, 0.6) is 0 Å². The average molecular weight is 245 g/mol. The molecule has 0 spiro atoms. The van der Waals surface area contributed by atoms with Gasteiger partial charge in [-0.25, -0.2) is 4.98 Å². The van der Waals surface area contributed by atoms with E-state index in [2.05, 4.69) is 15.2 Å². The number of rotatable bonds is 4. The third-order valence-corrected chi connectivity index (χ3v) is 2.65. The second-order valence-electron chi connectivity index (χ2n) is 4.01. The van der Waals surface area contributed by atoms with Crippen LogP contribution in [0.4, 0.5) is 0 Å². The minimum Gasteiger partial charge on any atom is -0.337 e. The van der Waals surface area contributed by atoms with E-state index < -0.39 is 6.04 Å². The van der Waals surface area contributed by atoms with Gasteiger partial charge in [-0.2, -0.15) is 5.10 Å². The molecule has 0 radical (unpaired) electrons. The van der Waals surface area contributed by atoms with Crippen molar-refractivity contribution < 1.29 is 4.79 Å². The molecule has 0 fully saturated rings. The van der Waals surface area contributed by atoms with Crippen molar-refractivity contribution >= 4 is 5.91 Å². The monoisotopic (exact) mass is 245 g/mol. The molecule has 6 nitrogen and oxygen atoms in total. The Morgan fingerprint density at radius 3 is 2.78 bits per heavy atom. The van der Waals surface area contributed by atoms with Crippen LogP contribution >= 0.6 is 0 Å². The maximum atomic E-state index is 12.1. The van der Waals surface area contributed by atoms with Gasteiger partial charge >= 0.3 is 0 Å². The normalized spacial score (nSPS) is 12.1. The molecular formula is C12H15N5O. The van der Waals surface area contributed by atoms with Gasteiger partial charge in [0.15, 0.2) is 0 Å². The van der Waals surface area contributed by atoms with E-state index in [1.807, 2.05) is 30.3 Å². The molecule has 1 aromatic carbocycles. The second-order valence-corrected chi connectivity index (χ2v) is 4.01. The van der Waals surface area contributed by atoms with Crippen LogP contribution in [0.1, 0.15) is 17.4 Å². The van der Waals surface area contributed by atoms with Gasteiger partial charge in [0.05, 0.1) is 6.54 Å². The number of H-pyrrole nitrogens is 1. The largest absolute Gasteiger partial charge is 0.337 e. The fourth-order valence-corrected chi connectivity index (χ4v) is 1.65. The van der Waals surface area contributed by atoms with E-state index in [4.69, 9.17) is 5.73 Å². The molecule has 0 aliphatic rings. The van der Waals surface area contributed by atoms with Gasteiger partial charge in [-0.1, -0.05) is 30.3 Å². The van der Waals surface area contributed by atoms with Gasteiger partial charge in [-0.05, 0) is 5.56 Å². The van der Waals surface area contributed by atoms with Crippen molar-refractivity contribution in [3.63, 3.8) is 0 Å². The van der Waals surface area contributed by atoms with Crippen LogP contribution in [0.3, 0.4) is 0 Å². The van der Waals surface area contributed by atoms with E-state index >= 15 is 0 Å². The summed E-state index contributed by atoms with van der Waals surface area (Å²) in [6, 6.07) is 8.63. The third kappa shape index (κ3) is 2.72. The van der Waals surface area contributed by atoms with Gasteiger partial charge in [-0.3, -0.25) is 9.89 Å². The van der Waals surface area contributed by atoms with Crippen LogP contribution in [0.2, 0.25) is 0 Å². The summed E-state index contributed by atoms with van der Waals surface area (Å²) in [6.07, 6.45) is 1.41. The Bertz CT molecular complexity index is 496. The molecule has 0 saturated heterocycles. The first-order valence-corrected chi connectivity index (χ1v) is 5.58. The molecule has 0 bridgehead atoms. The number of hydrogen-bond donors (Lipinski definition) is 2. The molecule has 94 valence electrons. The Kier molecular flexibility index (Phi) is 3.69. The molecule has 0 aliphatic heterocycles. The molecule has 1 aromatic heterocycles. The summed E-state index contributed by atoms with van der Waals surface area (Å²) in [7, 11) is 1.69. The highest BCUT2D eigenvalue weighted by Crippen LogP contribution is 2.12. The molecule has 6 heteroatoms. The molecule has 2 aromatic rings. The highest BCUT2D eigenvalue weighted by atomic mass is 16.2. The smallest absolute Gasteiger partial charge is 0.244 e. The van der Waals surface area contributed by atoms with Crippen LogP contribution in [0.25, 0.3) is 0 Å². The minimum atomic E-state index is -0.654. The lowest BCUT2D eigenvalue weighted by molar-refractivity contribution is -0.132. The lowest BCUT2D eigenvalue weighted by Gasteiger charge is -2.20. The molecule has 0 saturated carbocycles. The van der Waals surface area contributed by atoms with Crippen LogP contribution in [-0.4, -0.2) is 33.0 Å². The Hall–Kier alpha value is -2.21. The predicted octanol–water partition coefficient (Wildman–Crippen LogP) is 0.463. The molecule has 0 aliphatic carbocycles. The number of benzene rings is 1. The van der Waals surface area contributed by atoms with Crippen LogP contribution in [0.15, 0.2) is 36.7 Å². The topological polar surface area (TPSA) is 87.9 Å². The third-order valence-electron chi connectivity index (χ3n) is 2.65. The number of carbonyl (C=O) groups is 1. The Labute approximate surface area is 105 Å². The minimum absolute atomic E-state index is 0.155. The molecular weight excluding hydrogens is 230 g/mol. The van der Waals surface area contributed by atoms with E-state index in [0.29, 0.717) is 12.4 Å². The van der Waals surface area contributed by atoms with Gasteiger partial charge in [0.25, 0.3) is 0 Å². The van der Waals surface area contributed by atoms with Gasteiger partial charge in [0, 0.05) is 7.05 Å². The number of nitrogens with two attached hydrogens (primary N) is 1. The number of likely N-dealkylation sites (N-methyl/N-ethyl adjacent to an activating group) is 1. The van der Waals surface area contributed by atoms with Crippen molar-refractivity contribution in [2.75, 3.05) is 7.05 Å². The summed E-state index contributed by atoms with van der Waals surface area (Å²) >= 11 is 0. The average Bonchev–Trinajstić information content (AvgIpc) is 2.91.